The molecule has 2 heterocycles. The fraction of sp³-hybridized carbons (Fsp3) is 0.562. The molecule has 1 aromatic rings. The summed E-state index contributed by atoms with van der Waals surface area (Å²) in [6.45, 7) is 2.50. The molecule has 0 aliphatic carbocycles. The van der Waals surface area contributed by atoms with Crippen LogP contribution in [0, 0.1) is 11.7 Å². The van der Waals surface area contributed by atoms with E-state index >= 15 is 0 Å². The Morgan fingerprint density at radius 3 is 3.14 bits per heavy atom. The van der Waals surface area contributed by atoms with Gasteiger partial charge in [-0.25, -0.2) is 4.39 Å². The third-order valence-electron chi connectivity index (χ3n) is 4.30. The lowest BCUT2D eigenvalue weighted by Gasteiger charge is -2.27. The second-order valence-corrected chi connectivity index (χ2v) is 5.81. The number of rotatable bonds is 4. The molecule has 1 amide bonds. The Balaban J connectivity index is 1.58. The summed E-state index contributed by atoms with van der Waals surface area (Å²) in [7, 11) is 0. The maximum atomic E-state index is 13.7. The van der Waals surface area contributed by atoms with Gasteiger partial charge in [0.2, 0.25) is 5.91 Å². The van der Waals surface area contributed by atoms with Gasteiger partial charge >= 0.3 is 0 Å². The lowest BCUT2D eigenvalue weighted by Crippen LogP contribution is -2.32. The van der Waals surface area contributed by atoms with Crippen LogP contribution in [0.2, 0.25) is 0 Å². The Kier molecular flexibility index (Phi) is 4.39. The molecule has 0 saturated carbocycles. The van der Waals surface area contributed by atoms with Gasteiger partial charge in [0.05, 0.1) is 12.6 Å². The van der Waals surface area contributed by atoms with Gasteiger partial charge in [0.1, 0.15) is 0 Å². The van der Waals surface area contributed by atoms with Crippen molar-refractivity contribution in [2.75, 3.05) is 19.7 Å². The van der Waals surface area contributed by atoms with Gasteiger partial charge < -0.3 is 15.4 Å². The Hall–Kier alpha value is -1.62. The highest BCUT2D eigenvalue weighted by Crippen LogP contribution is 2.34. The van der Waals surface area contributed by atoms with E-state index in [1.165, 1.54) is 6.07 Å². The number of hydrogen-bond donors (Lipinski definition) is 2. The highest BCUT2D eigenvalue weighted by Gasteiger charge is 2.25. The molecular formula is C16H21FN2O2. The first-order valence-electron chi connectivity index (χ1n) is 7.65. The monoisotopic (exact) mass is 292 g/mol. The molecule has 21 heavy (non-hydrogen) atoms. The Bertz CT molecular complexity index is 515. The molecule has 1 fully saturated rings. The standard InChI is InChI=1S/C16H21FN2O2/c17-13-3-1-2-12-14(7-9-21-16(12)13)19-15(20)5-4-11-6-8-18-10-11/h1-3,11,14,18H,4-10H2,(H,19,20)/t11?,14-/m1/s1. The summed E-state index contributed by atoms with van der Waals surface area (Å²) in [5.41, 5.74) is 0.747. The average molecular weight is 292 g/mol. The van der Waals surface area contributed by atoms with Crippen molar-refractivity contribution >= 4 is 5.91 Å². The van der Waals surface area contributed by atoms with Crippen LogP contribution in [0.5, 0.6) is 5.75 Å². The Morgan fingerprint density at radius 1 is 1.43 bits per heavy atom. The number of carbonyl (C=O) groups excluding carboxylic acids is 1. The van der Waals surface area contributed by atoms with Gasteiger partial charge in [-0.2, -0.15) is 0 Å². The topological polar surface area (TPSA) is 50.4 Å². The van der Waals surface area contributed by atoms with Crippen molar-refractivity contribution in [2.24, 2.45) is 5.92 Å². The van der Waals surface area contributed by atoms with Crippen molar-refractivity contribution < 1.29 is 13.9 Å². The SMILES string of the molecule is O=C(CCC1CCNC1)N[C@@H]1CCOc2c(F)cccc21. The summed E-state index contributed by atoms with van der Waals surface area (Å²) in [6.07, 6.45) is 3.29. The second kappa shape index (κ2) is 6.43. The molecular weight excluding hydrogens is 271 g/mol. The second-order valence-electron chi connectivity index (χ2n) is 5.81. The van der Waals surface area contributed by atoms with E-state index < -0.39 is 0 Å². The minimum absolute atomic E-state index is 0.0454. The Morgan fingerprint density at radius 2 is 2.33 bits per heavy atom. The lowest BCUT2D eigenvalue weighted by molar-refractivity contribution is -0.122. The zero-order valence-corrected chi connectivity index (χ0v) is 12.0. The van der Waals surface area contributed by atoms with Crippen LogP contribution >= 0.6 is 0 Å². The first-order chi connectivity index (χ1) is 10.2. The third-order valence-corrected chi connectivity index (χ3v) is 4.30. The summed E-state index contributed by atoms with van der Waals surface area (Å²) in [4.78, 5) is 12.1. The van der Waals surface area contributed by atoms with Crippen LogP contribution in [-0.2, 0) is 4.79 Å². The van der Waals surface area contributed by atoms with E-state index in [-0.39, 0.29) is 23.5 Å². The van der Waals surface area contributed by atoms with Crippen LogP contribution in [0.1, 0.15) is 37.3 Å². The summed E-state index contributed by atoms with van der Waals surface area (Å²) in [5, 5.41) is 6.33. The molecule has 4 nitrogen and oxygen atoms in total. The van der Waals surface area contributed by atoms with E-state index in [1.807, 2.05) is 6.07 Å². The minimum atomic E-state index is -0.358. The van der Waals surface area contributed by atoms with Gasteiger partial charge in [-0.3, -0.25) is 4.79 Å². The van der Waals surface area contributed by atoms with Crippen molar-refractivity contribution in [3.05, 3.63) is 29.6 Å². The number of fused-ring (bicyclic) bond motifs is 1. The summed E-state index contributed by atoms with van der Waals surface area (Å²) >= 11 is 0. The van der Waals surface area contributed by atoms with Crippen LogP contribution < -0.4 is 15.4 Å². The first kappa shape index (κ1) is 14.3. The van der Waals surface area contributed by atoms with Crippen LogP contribution in [0.3, 0.4) is 0 Å². The predicted molar refractivity (Wildman–Crippen MR) is 77.6 cm³/mol. The van der Waals surface area contributed by atoms with Crippen molar-refractivity contribution in [1.82, 2.24) is 10.6 Å². The zero-order valence-electron chi connectivity index (χ0n) is 12.0. The molecule has 2 aliphatic heterocycles. The van der Waals surface area contributed by atoms with E-state index in [0.29, 0.717) is 25.4 Å². The van der Waals surface area contributed by atoms with Crippen molar-refractivity contribution in [2.45, 2.75) is 31.7 Å². The van der Waals surface area contributed by atoms with Gasteiger partial charge in [-0.15, -0.1) is 0 Å². The van der Waals surface area contributed by atoms with Crippen molar-refractivity contribution in [1.29, 1.82) is 0 Å². The number of hydrogen-bond acceptors (Lipinski definition) is 3. The molecule has 0 spiro atoms. The summed E-state index contributed by atoms with van der Waals surface area (Å²) in [6, 6.07) is 4.73. The molecule has 2 atom stereocenters. The van der Waals surface area contributed by atoms with E-state index in [1.54, 1.807) is 6.07 Å². The normalized spacial score (nSPS) is 24.2. The lowest BCUT2D eigenvalue weighted by atomic mass is 9.99. The van der Waals surface area contributed by atoms with Gasteiger partial charge in [0.15, 0.2) is 11.6 Å². The summed E-state index contributed by atoms with van der Waals surface area (Å²) < 4.78 is 19.1. The summed E-state index contributed by atoms with van der Waals surface area (Å²) in [5.74, 6) is 0.580. The molecule has 0 bridgehead atoms. The molecule has 3 rings (SSSR count). The number of ether oxygens (including phenoxy) is 1. The van der Waals surface area contributed by atoms with Crippen molar-refractivity contribution in [3.8, 4) is 5.75 Å². The number of nitrogens with one attached hydrogen (secondary N) is 2. The molecule has 0 radical (unpaired) electrons. The van der Waals surface area contributed by atoms with Gasteiger partial charge in [0.25, 0.3) is 0 Å². The van der Waals surface area contributed by atoms with E-state index in [0.717, 1.165) is 31.5 Å². The van der Waals surface area contributed by atoms with Crippen LogP contribution in [0.4, 0.5) is 4.39 Å². The maximum Gasteiger partial charge on any atom is 0.220 e. The molecule has 1 unspecified atom stereocenters. The quantitative estimate of drug-likeness (QED) is 0.894. The first-order valence-corrected chi connectivity index (χ1v) is 7.65. The molecule has 114 valence electrons. The van der Waals surface area contributed by atoms with E-state index in [2.05, 4.69) is 10.6 Å². The molecule has 0 aromatic heterocycles. The van der Waals surface area contributed by atoms with Gasteiger partial charge in [-0.1, -0.05) is 12.1 Å². The smallest absolute Gasteiger partial charge is 0.220 e. The largest absolute Gasteiger partial charge is 0.490 e. The van der Waals surface area contributed by atoms with Crippen LogP contribution in [0.25, 0.3) is 0 Å². The van der Waals surface area contributed by atoms with Gasteiger partial charge in [-0.05, 0) is 37.9 Å². The number of amides is 1. The number of benzene rings is 1. The molecule has 1 saturated heterocycles. The molecule has 2 aliphatic rings. The highest BCUT2D eigenvalue weighted by atomic mass is 19.1. The number of halogens is 1. The zero-order chi connectivity index (χ0) is 14.7. The number of carbonyl (C=O) groups is 1. The van der Waals surface area contributed by atoms with Crippen LogP contribution in [0.15, 0.2) is 18.2 Å². The third kappa shape index (κ3) is 3.35. The molecule has 5 heteroatoms. The predicted octanol–water partition coefficient (Wildman–Crippen LogP) is 2.16. The van der Waals surface area contributed by atoms with Crippen molar-refractivity contribution in [3.63, 3.8) is 0 Å². The molecule has 2 N–H and O–H groups in total. The van der Waals surface area contributed by atoms with E-state index in [4.69, 9.17) is 4.74 Å². The van der Waals surface area contributed by atoms with Gasteiger partial charge in [0, 0.05) is 18.4 Å². The van der Waals surface area contributed by atoms with Crippen LogP contribution in [-0.4, -0.2) is 25.6 Å². The molecule has 1 aromatic carbocycles. The van der Waals surface area contributed by atoms with E-state index in [9.17, 15) is 9.18 Å². The Labute approximate surface area is 124 Å². The maximum absolute atomic E-state index is 13.7. The highest BCUT2D eigenvalue weighted by molar-refractivity contribution is 5.76. The minimum Gasteiger partial charge on any atom is -0.490 e. The number of para-hydroxylation sites is 1. The fourth-order valence-electron chi connectivity index (χ4n) is 3.10. The fourth-order valence-corrected chi connectivity index (χ4v) is 3.10. The average Bonchev–Trinajstić information content (AvgIpc) is 3.00.